The zero-order chi connectivity index (χ0) is 26.6. The van der Waals surface area contributed by atoms with Crippen molar-refractivity contribution in [2.45, 2.75) is 18.4 Å². The van der Waals surface area contributed by atoms with E-state index in [0.717, 1.165) is 10.2 Å². The smallest absolute Gasteiger partial charge is 0.409 e. The lowest BCUT2D eigenvalue weighted by Gasteiger charge is -2.33. The van der Waals surface area contributed by atoms with Crippen LogP contribution in [0.4, 0.5) is 4.79 Å². The van der Waals surface area contributed by atoms with Crippen LogP contribution in [0.2, 0.25) is 0 Å². The van der Waals surface area contributed by atoms with E-state index < -0.39 is 28.0 Å². The molecule has 1 aromatic heterocycles. The number of thiazole rings is 1. The van der Waals surface area contributed by atoms with Crippen molar-refractivity contribution < 1.29 is 32.3 Å². The van der Waals surface area contributed by atoms with Gasteiger partial charge in [-0.05, 0) is 43.3 Å². The second-order valence-electron chi connectivity index (χ2n) is 8.05. The van der Waals surface area contributed by atoms with Gasteiger partial charge in [-0.15, -0.1) is 0 Å². The number of amides is 2. The molecule has 0 N–H and O–H groups in total. The fourth-order valence-electron chi connectivity index (χ4n) is 3.85. The molecule has 0 bridgehead atoms. The summed E-state index contributed by atoms with van der Waals surface area (Å²) in [6, 6.07) is 12.9. The maximum Gasteiger partial charge on any atom is 0.409 e. The van der Waals surface area contributed by atoms with Crippen molar-refractivity contribution in [3.05, 3.63) is 58.9 Å². The molecule has 3 aromatic rings. The molecule has 196 valence electrons. The van der Waals surface area contributed by atoms with Gasteiger partial charge in [-0.3, -0.25) is 9.59 Å². The van der Waals surface area contributed by atoms with Gasteiger partial charge in [0.05, 0.1) is 28.8 Å². The summed E-state index contributed by atoms with van der Waals surface area (Å²) >= 11 is 1.26. The molecule has 37 heavy (non-hydrogen) atoms. The van der Waals surface area contributed by atoms with Gasteiger partial charge in [-0.2, -0.15) is 9.30 Å². The molecule has 2 amide bonds. The van der Waals surface area contributed by atoms with E-state index in [0.29, 0.717) is 4.80 Å². The number of carbonyl (C=O) groups excluding carboxylic acids is 3. The lowest BCUT2D eigenvalue weighted by molar-refractivity contribution is -0.141. The summed E-state index contributed by atoms with van der Waals surface area (Å²) in [5, 5.41) is 0. The molecule has 0 unspecified atom stereocenters. The number of rotatable bonds is 6. The van der Waals surface area contributed by atoms with E-state index in [4.69, 9.17) is 9.47 Å². The number of piperazine rings is 1. The predicted octanol–water partition coefficient (Wildman–Crippen LogP) is 2.08. The van der Waals surface area contributed by atoms with Crippen molar-refractivity contribution in [3.63, 3.8) is 0 Å². The maximum absolute atomic E-state index is 13.1. The van der Waals surface area contributed by atoms with E-state index in [1.807, 2.05) is 24.3 Å². The summed E-state index contributed by atoms with van der Waals surface area (Å²) in [6.45, 7) is 2.61. The van der Waals surface area contributed by atoms with Crippen molar-refractivity contribution >= 4 is 49.5 Å². The molecule has 0 radical (unpaired) electrons. The van der Waals surface area contributed by atoms with Gasteiger partial charge >= 0.3 is 12.1 Å². The quantitative estimate of drug-likeness (QED) is 0.433. The molecular weight excluding hydrogens is 520 g/mol. The minimum Gasteiger partial charge on any atom is -0.468 e. The highest BCUT2D eigenvalue weighted by Gasteiger charge is 2.30. The Morgan fingerprint density at radius 1 is 1.00 bits per heavy atom. The van der Waals surface area contributed by atoms with Gasteiger partial charge in [0.15, 0.2) is 4.80 Å². The molecule has 4 rings (SSSR count). The summed E-state index contributed by atoms with van der Waals surface area (Å²) in [7, 11) is -2.52. The van der Waals surface area contributed by atoms with Gasteiger partial charge in [-0.25, -0.2) is 13.2 Å². The number of methoxy groups -OCH3 is 1. The summed E-state index contributed by atoms with van der Waals surface area (Å²) in [6.07, 6.45) is -0.460. The number of aromatic nitrogens is 1. The SMILES string of the molecule is CCOC(=O)N1CCN(S(=O)(=O)c2ccc(C(=O)N=c3sc4ccccc4n3CC(=O)OC)cc2)CC1. The first-order valence-electron chi connectivity index (χ1n) is 11.5. The standard InChI is InChI=1S/C24H26N4O7S2/c1-3-35-24(31)26-12-14-27(15-13-26)37(32,33)18-10-8-17(9-11-18)22(30)25-23-28(16-21(29)34-2)19-6-4-5-7-20(19)36-23/h4-11H,3,12-16H2,1-2H3. The van der Waals surface area contributed by atoms with Crippen LogP contribution in [0.3, 0.4) is 0 Å². The molecule has 0 saturated carbocycles. The average Bonchev–Trinajstić information content (AvgIpc) is 3.25. The summed E-state index contributed by atoms with van der Waals surface area (Å²) in [4.78, 5) is 42.7. The first-order valence-corrected chi connectivity index (χ1v) is 13.8. The van der Waals surface area contributed by atoms with Crippen LogP contribution in [0.1, 0.15) is 17.3 Å². The predicted molar refractivity (Wildman–Crippen MR) is 136 cm³/mol. The highest BCUT2D eigenvalue weighted by Crippen LogP contribution is 2.20. The zero-order valence-electron chi connectivity index (χ0n) is 20.3. The Kier molecular flexibility index (Phi) is 8.05. The van der Waals surface area contributed by atoms with Gasteiger partial charge in [0.1, 0.15) is 6.54 Å². The molecule has 13 heteroatoms. The van der Waals surface area contributed by atoms with Crippen LogP contribution in [0.15, 0.2) is 58.4 Å². The van der Waals surface area contributed by atoms with Crippen LogP contribution in [-0.4, -0.2) is 80.1 Å². The van der Waals surface area contributed by atoms with Crippen molar-refractivity contribution in [1.82, 2.24) is 13.8 Å². The Bertz CT molecular complexity index is 1490. The number of benzene rings is 2. The number of carbonyl (C=O) groups is 3. The van der Waals surface area contributed by atoms with Crippen LogP contribution in [0, 0.1) is 0 Å². The highest BCUT2D eigenvalue weighted by molar-refractivity contribution is 7.89. The van der Waals surface area contributed by atoms with Gasteiger partial charge in [-0.1, -0.05) is 23.5 Å². The number of para-hydroxylation sites is 1. The lowest BCUT2D eigenvalue weighted by atomic mass is 10.2. The highest BCUT2D eigenvalue weighted by atomic mass is 32.2. The van der Waals surface area contributed by atoms with Crippen LogP contribution >= 0.6 is 11.3 Å². The number of fused-ring (bicyclic) bond motifs is 1. The topological polar surface area (TPSA) is 128 Å². The Hall–Kier alpha value is -3.55. The van der Waals surface area contributed by atoms with Crippen molar-refractivity contribution in [2.24, 2.45) is 4.99 Å². The summed E-state index contributed by atoms with van der Waals surface area (Å²) in [5.74, 6) is -1.05. The second-order valence-corrected chi connectivity index (χ2v) is 11.0. The van der Waals surface area contributed by atoms with E-state index >= 15 is 0 Å². The zero-order valence-corrected chi connectivity index (χ0v) is 22.0. The third-order valence-electron chi connectivity index (χ3n) is 5.80. The molecule has 2 heterocycles. The van der Waals surface area contributed by atoms with Gasteiger partial charge in [0.2, 0.25) is 10.0 Å². The molecule has 0 atom stereocenters. The van der Waals surface area contributed by atoms with E-state index in [2.05, 4.69) is 4.99 Å². The molecule has 11 nitrogen and oxygen atoms in total. The molecular formula is C24H26N4O7S2. The molecule has 1 saturated heterocycles. The minimum absolute atomic E-state index is 0.0382. The second kappa shape index (κ2) is 11.2. The van der Waals surface area contributed by atoms with Crippen molar-refractivity contribution in [2.75, 3.05) is 39.9 Å². The van der Waals surface area contributed by atoms with Gasteiger partial charge < -0.3 is 18.9 Å². The first kappa shape index (κ1) is 26.5. The number of nitrogens with zero attached hydrogens (tertiary/aromatic N) is 4. The molecule has 1 aliphatic rings. The molecule has 1 aliphatic heterocycles. The van der Waals surface area contributed by atoms with E-state index in [9.17, 15) is 22.8 Å². The number of ether oxygens (including phenoxy) is 2. The summed E-state index contributed by atoms with van der Waals surface area (Å²) < 4.78 is 39.7. The fourth-order valence-corrected chi connectivity index (χ4v) is 6.30. The van der Waals surface area contributed by atoms with E-state index in [1.165, 1.54) is 51.9 Å². The minimum atomic E-state index is -3.81. The average molecular weight is 547 g/mol. The molecule has 0 spiro atoms. The van der Waals surface area contributed by atoms with Gasteiger partial charge in [0, 0.05) is 31.7 Å². The first-order chi connectivity index (χ1) is 17.7. The number of hydrogen-bond acceptors (Lipinski definition) is 8. The van der Waals surface area contributed by atoms with Crippen LogP contribution in [-0.2, 0) is 30.8 Å². The largest absolute Gasteiger partial charge is 0.468 e. The Morgan fingerprint density at radius 3 is 2.32 bits per heavy atom. The third-order valence-corrected chi connectivity index (χ3v) is 8.78. The summed E-state index contributed by atoms with van der Waals surface area (Å²) in [5.41, 5.74) is 0.946. The maximum atomic E-state index is 13.1. The van der Waals surface area contributed by atoms with Crippen molar-refractivity contribution in [1.29, 1.82) is 0 Å². The fraction of sp³-hybridized carbons (Fsp3) is 0.333. The van der Waals surface area contributed by atoms with Gasteiger partial charge in [0.25, 0.3) is 5.91 Å². The Labute approximate surface area is 217 Å². The molecule has 1 fully saturated rings. The van der Waals surface area contributed by atoms with Crippen LogP contribution in [0.5, 0.6) is 0 Å². The van der Waals surface area contributed by atoms with E-state index in [1.54, 1.807) is 11.5 Å². The Balaban J connectivity index is 1.53. The lowest BCUT2D eigenvalue weighted by Crippen LogP contribution is -2.50. The Morgan fingerprint density at radius 2 is 1.68 bits per heavy atom. The monoisotopic (exact) mass is 546 g/mol. The van der Waals surface area contributed by atoms with Crippen LogP contribution in [0.25, 0.3) is 10.2 Å². The van der Waals surface area contributed by atoms with E-state index in [-0.39, 0.29) is 49.8 Å². The normalized spacial score (nSPS) is 15.1. The third kappa shape index (κ3) is 5.73. The molecule has 2 aromatic carbocycles. The number of hydrogen-bond donors (Lipinski definition) is 0. The van der Waals surface area contributed by atoms with Crippen molar-refractivity contribution in [3.8, 4) is 0 Å². The van der Waals surface area contributed by atoms with Crippen LogP contribution < -0.4 is 4.80 Å². The number of esters is 1. The molecule has 0 aliphatic carbocycles. The number of sulfonamides is 1.